The summed E-state index contributed by atoms with van der Waals surface area (Å²) in [6.45, 7) is 6.58. The number of nitrogens with one attached hydrogen (secondary N) is 1. The quantitative estimate of drug-likeness (QED) is 0.583. The Morgan fingerprint density at radius 2 is 1.89 bits per heavy atom. The molecule has 0 radical (unpaired) electrons. The van der Waals surface area contributed by atoms with E-state index in [1.807, 2.05) is 43.3 Å². The van der Waals surface area contributed by atoms with Crippen molar-refractivity contribution in [3.63, 3.8) is 0 Å². The molecule has 140 valence electrons. The maximum Gasteiger partial charge on any atom is 0.251 e. The van der Waals surface area contributed by atoms with Crippen LogP contribution >= 0.6 is 0 Å². The number of aryl methyl sites for hydroxylation is 3. The lowest BCUT2D eigenvalue weighted by Gasteiger charge is -2.11. The molecule has 1 N–H and O–H groups in total. The van der Waals surface area contributed by atoms with Crippen LogP contribution < -0.4 is 5.32 Å². The van der Waals surface area contributed by atoms with Gasteiger partial charge in [0.25, 0.3) is 5.91 Å². The van der Waals surface area contributed by atoms with Crippen LogP contribution in [-0.2, 0) is 6.54 Å². The molecule has 4 aromatic rings. The first-order valence-corrected chi connectivity index (χ1v) is 9.28. The largest absolute Gasteiger partial charge is 0.346 e. The molecule has 0 fully saturated rings. The molecule has 0 bridgehead atoms. The fourth-order valence-corrected chi connectivity index (χ4v) is 3.48. The van der Waals surface area contributed by atoms with E-state index in [-0.39, 0.29) is 5.91 Å². The zero-order valence-electron chi connectivity index (χ0n) is 16.2. The lowest BCUT2D eigenvalue weighted by Crippen LogP contribution is -2.23. The predicted octanol–water partition coefficient (Wildman–Crippen LogP) is 4.28. The van der Waals surface area contributed by atoms with Gasteiger partial charge in [0.15, 0.2) is 0 Å². The summed E-state index contributed by atoms with van der Waals surface area (Å²) in [6.07, 6.45) is 1.72. The van der Waals surface area contributed by atoms with Crippen LogP contribution in [0.15, 0.2) is 60.8 Å². The van der Waals surface area contributed by atoms with E-state index in [4.69, 9.17) is 0 Å². The molecule has 0 aliphatic rings. The normalized spacial score (nSPS) is 11.0. The number of nitrogens with zero attached hydrogens (tertiary/aromatic N) is 3. The van der Waals surface area contributed by atoms with Crippen molar-refractivity contribution in [3.8, 4) is 5.69 Å². The number of hydrogen-bond acceptors (Lipinski definition) is 3. The first-order valence-electron chi connectivity index (χ1n) is 9.28. The Hall–Kier alpha value is -3.47. The number of imidazole rings is 1. The van der Waals surface area contributed by atoms with Crippen LogP contribution in [0, 0.1) is 20.8 Å². The molecule has 0 atom stereocenters. The van der Waals surface area contributed by atoms with Crippen LogP contribution in [0.2, 0.25) is 0 Å². The Bertz CT molecular complexity index is 1160. The van der Waals surface area contributed by atoms with E-state index in [9.17, 15) is 4.79 Å². The molecule has 2 heterocycles. The number of carbonyl (C=O) groups excluding carboxylic acids is 1. The third-order valence-corrected chi connectivity index (χ3v) is 4.83. The third kappa shape index (κ3) is 3.39. The smallest absolute Gasteiger partial charge is 0.251 e. The Balaban J connectivity index is 1.64. The van der Waals surface area contributed by atoms with Gasteiger partial charge in [0, 0.05) is 11.8 Å². The first-order chi connectivity index (χ1) is 13.5. The van der Waals surface area contributed by atoms with Gasteiger partial charge in [0.1, 0.15) is 5.82 Å². The van der Waals surface area contributed by atoms with E-state index < -0.39 is 0 Å². The highest BCUT2D eigenvalue weighted by Gasteiger charge is 2.14. The van der Waals surface area contributed by atoms with Crippen molar-refractivity contribution in [2.24, 2.45) is 0 Å². The summed E-state index contributed by atoms with van der Waals surface area (Å²) in [4.78, 5) is 21.5. The number of hydrogen-bond donors (Lipinski definition) is 1. The number of benzene rings is 2. The summed E-state index contributed by atoms with van der Waals surface area (Å²) in [5.74, 6) is 0.763. The Kier molecular flexibility index (Phi) is 4.65. The second-order valence-electron chi connectivity index (χ2n) is 6.99. The predicted molar refractivity (Wildman–Crippen MR) is 111 cm³/mol. The molecule has 2 aromatic carbocycles. The summed E-state index contributed by atoms with van der Waals surface area (Å²) >= 11 is 0. The Morgan fingerprint density at radius 3 is 2.64 bits per heavy atom. The van der Waals surface area contributed by atoms with Crippen LogP contribution in [-0.4, -0.2) is 20.4 Å². The van der Waals surface area contributed by atoms with E-state index >= 15 is 0 Å². The van der Waals surface area contributed by atoms with Gasteiger partial charge in [-0.3, -0.25) is 14.3 Å². The van der Waals surface area contributed by atoms with E-state index in [0.717, 1.165) is 28.2 Å². The molecule has 0 unspecified atom stereocenters. The van der Waals surface area contributed by atoms with Gasteiger partial charge in [-0.15, -0.1) is 0 Å². The number of rotatable bonds is 4. The molecule has 0 aliphatic heterocycles. The highest BCUT2D eigenvalue weighted by Crippen LogP contribution is 2.25. The molecule has 5 nitrogen and oxygen atoms in total. The molecule has 2 aromatic heterocycles. The molecule has 4 rings (SSSR count). The number of fused-ring (bicyclic) bond motifs is 1. The molecular formula is C23H22N4O. The van der Waals surface area contributed by atoms with Crippen LogP contribution in [0.4, 0.5) is 0 Å². The van der Waals surface area contributed by atoms with Gasteiger partial charge in [-0.1, -0.05) is 23.8 Å². The fourth-order valence-electron chi connectivity index (χ4n) is 3.48. The summed E-state index contributed by atoms with van der Waals surface area (Å²) in [5, 5.41) is 2.91. The summed E-state index contributed by atoms with van der Waals surface area (Å²) in [7, 11) is 0. The van der Waals surface area contributed by atoms with E-state index in [1.165, 1.54) is 11.1 Å². The van der Waals surface area contributed by atoms with Crippen molar-refractivity contribution >= 4 is 16.9 Å². The maximum absolute atomic E-state index is 12.5. The number of pyridine rings is 1. The van der Waals surface area contributed by atoms with Crippen LogP contribution in [0.1, 0.15) is 33.0 Å². The second-order valence-corrected chi connectivity index (χ2v) is 6.99. The monoisotopic (exact) mass is 370 g/mol. The van der Waals surface area contributed by atoms with Crippen molar-refractivity contribution in [3.05, 3.63) is 89.0 Å². The molecule has 5 heteroatoms. The average molecular weight is 370 g/mol. The van der Waals surface area contributed by atoms with Gasteiger partial charge in [-0.25, -0.2) is 4.98 Å². The Labute approximate surface area is 164 Å². The third-order valence-electron chi connectivity index (χ3n) is 4.83. The standard InChI is InChI=1S/C23H22N4O/c1-15-7-9-21(16(2)12-15)27-17(3)26-20-13-18(8-10-22(20)27)23(28)25-14-19-6-4-5-11-24-19/h4-13H,14H2,1-3H3,(H,25,28). The van der Waals surface area contributed by atoms with Gasteiger partial charge >= 0.3 is 0 Å². The maximum atomic E-state index is 12.5. The van der Waals surface area contributed by atoms with Gasteiger partial charge in [0.2, 0.25) is 0 Å². The zero-order valence-corrected chi connectivity index (χ0v) is 16.2. The summed E-state index contributed by atoms with van der Waals surface area (Å²) < 4.78 is 2.14. The van der Waals surface area contributed by atoms with Crippen molar-refractivity contribution in [2.45, 2.75) is 27.3 Å². The molecule has 0 saturated heterocycles. The van der Waals surface area contributed by atoms with Crippen LogP contribution in [0.5, 0.6) is 0 Å². The minimum absolute atomic E-state index is 0.133. The number of aromatic nitrogens is 3. The van der Waals surface area contributed by atoms with Crippen molar-refractivity contribution in [1.29, 1.82) is 0 Å². The SMILES string of the molecule is Cc1ccc(-n2c(C)nc3cc(C(=O)NCc4ccccn4)ccc32)c(C)c1. The van der Waals surface area contributed by atoms with Crippen molar-refractivity contribution in [2.75, 3.05) is 0 Å². The first kappa shape index (κ1) is 17.9. The van der Waals surface area contributed by atoms with Crippen LogP contribution in [0.25, 0.3) is 16.7 Å². The lowest BCUT2D eigenvalue weighted by atomic mass is 10.1. The molecule has 0 aliphatic carbocycles. The van der Waals surface area contributed by atoms with Crippen molar-refractivity contribution < 1.29 is 4.79 Å². The molecule has 28 heavy (non-hydrogen) atoms. The highest BCUT2D eigenvalue weighted by molar-refractivity contribution is 5.97. The van der Waals surface area contributed by atoms with E-state index in [1.54, 1.807) is 6.20 Å². The molecular weight excluding hydrogens is 348 g/mol. The number of carbonyl (C=O) groups is 1. The van der Waals surface area contributed by atoms with Gasteiger partial charge < -0.3 is 5.32 Å². The highest BCUT2D eigenvalue weighted by atomic mass is 16.1. The van der Waals surface area contributed by atoms with E-state index in [0.29, 0.717) is 12.1 Å². The van der Waals surface area contributed by atoms with Crippen molar-refractivity contribution in [1.82, 2.24) is 19.9 Å². The van der Waals surface area contributed by atoms with Gasteiger partial charge in [-0.05, 0) is 62.7 Å². The molecule has 1 amide bonds. The minimum Gasteiger partial charge on any atom is -0.346 e. The molecule has 0 spiro atoms. The average Bonchev–Trinajstić information content (AvgIpc) is 3.02. The fraction of sp³-hybridized carbons (Fsp3) is 0.174. The van der Waals surface area contributed by atoms with Crippen LogP contribution in [0.3, 0.4) is 0 Å². The van der Waals surface area contributed by atoms with Gasteiger partial charge in [-0.2, -0.15) is 0 Å². The lowest BCUT2D eigenvalue weighted by molar-refractivity contribution is 0.0950. The zero-order chi connectivity index (χ0) is 19.7. The second kappa shape index (κ2) is 7.27. The summed E-state index contributed by atoms with van der Waals surface area (Å²) in [5.41, 5.74) is 6.75. The summed E-state index contributed by atoms with van der Waals surface area (Å²) in [6, 6.07) is 17.7. The molecule has 0 saturated carbocycles. The van der Waals surface area contributed by atoms with E-state index in [2.05, 4.69) is 51.9 Å². The topological polar surface area (TPSA) is 59.8 Å². The Morgan fingerprint density at radius 1 is 1.04 bits per heavy atom. The minimum atomic E-state index is -0.133. The number of amides is 1. The van der Waals surface area contributed by atoms with Gasteiger partial charge in [0.05, 0.1) is 29.0 Å².